The van der Waals surface area contributed by atoms with Gasteiger partial charge in [0.25, 0.3) is 5.91 Å². The predicted molar refractivity (Wildman–Crippen MR) is 98.8 cm³/mol. The van der Waals surface area contributed by atoms with E-state index < -0.39 is 29.1 Å². The second kappa shape index (κ2) is 7.41. The molecule has 154 valence electrons. The molecule has 1 aliphatic rings. The second-order valence-electron chi connectivity index (χ2n) is 7.18. The number of carbonyl (C=O) groups excluding carboxylic acids is 1. The molecule has 0 spiro atoms. The van der Waals surface area contributed by atoms with E-state index >= 15 is 0 Å². The average molecular weight is 409 g/mol. The van der Waals surface area contributed by atoms with Crippen LogP contribution >= 0.6 is 0 Å². The van der Waals surface area contributed by atoms with Gasteiger partial charge in [-0.05, 0) is 38.0 Å². The predicted octanol–water partition coefficient (Wildman–Crippen LogP) is 3.89. The standard InChI is InChI=1S/C19H19F4N5O/c1-10-5-6-18(2,28-16(10)24)12-7-11(3-4-13(12)20)27-17(29)14-8-26-15(9-25-14)19(21,22)23/h3-4,7-10H,5-6H2,1-2H3,(H2,24,28)(H,27,29)/t10-,18-/m0/s1. The van der Waals surface area contributed by atoms with Crippen molar-refractivity contribution in [2.75, 3.05) is 5.32 Å². The summed E-state index contributed by atoms with van der Waals surface area (Å²) in [5, 5.41) is 2.49. The first-order valence-electron chi connectivity index (χ1n) is 8.85. The fourth-order valence-electron chi connectivity index (χ4n) is 3.09. The maximum Gasteiger partial charge on any atom is 0.434 e. The van der Waals surface area contributed by atoms with Crippen molar-refractivity contribution in [3.8, 4) is 0 Å². The summed E-state index contributed by atoms with van der Waals surface area (Å²) in [6.45, 7) is 3.70. The molecular weight excluding hydrogens is 390 g/mol. The Morgan fingerprint density at radius 1 is 1.28 bits per heavy atom. The zero-order valence-electron chi connectivity index (χ0n) is 15.7. The molecule has 6 nitrogen and oxygen atoms in total. The molecule has 0 bridgehead atoms. The zero-order chi connectivity index (χ0) is 21.4. The van der Waals surface area contributed by atoms with Crippen LogP contribution in [0.2, 0.25) is 0 Å². The molecular formula is C19H19F4N5O. The van der Waals surface area contributed by atoms with Crippen molar-refractivity contribution in [1.82, 2.24) is 9.97 Å². The van der Waals surface area contributed by atoms with Gasteiger partial charge in [-0.3, -0.25) is 9.79 Å². The smallest absolute Gasteiger partial charge is 0.387 e. The fraction of sp³-hybridized carbons (Fsp3) is 0.368. The van der Waals surface area contributed by atoms with Crippen LogP contribution in [-0.4, -0.2) is 21.7 Å². The minimum Gasteiger partial charge on any atom is -0.387 e. The lowest BCUT2D eigenvalue weighted by Crippen LogP contribution is -2.35. The van der Waals surface area contributed by atoms with Crippen molar-refractivity contribution in [2.24, 2.45) is 16.6 Å². The maximum atomic E-state index is 14.5. The van der Waals surface area contributed by atoms with E-state index in [1.807, 2.05) is 6.92 Å². The van der Waals surface area contributed by atoms with Crippen molar-refractivity contribution in [3.63, 3.8) is 0 Å². The molecule has 0 saturated heterocycles. The van der Waals surface area contributed by atoms with Gasteiger partial charge in [-0.15, -0.1) is 0 Å². The minimum absolute atomic E-state index is 0.104. The molecule has 0 fully saturated rings. The van der Waals surface area contributed by atoms with E-state index in [-0.39, 0.29) is 22.9 Å². The number of amidine groups is 1. The summed E-state index contributed by atoms with van der Waals surface area (Å²) >= 11 is 0. The Hall–Kier alpha value is -3.04. The lowest BCUT2D eigenvalue weighted by molar-refractivity contribution is -0.141. The van der Waals surface area contributed by atoms with Gasteiger partial charge in [-0.1, -0.05) is 6.92 Å². The topological polar surface area (TPSA) is 93.3 Å². The van der Waals surface area contributed by atoms with Crippen LogP contribution in [-0.2, 0) is 11.7 Å². The molecule has 10 heteroatoms. The Labute approximate surface area is 164 Å². The van der Waals surface area contributed by atoms with E-state index in [0.717, 1.165) is 12.6 Å². The number of rotatable bonds is 3. The number of anilines is 1. The number of hydrogen-bond acceptors (Lipinski definition) is 5. The number of nitrogens with two attached hydrogens (primary N) is 1. The second-order valence-corrected chi connectivity index (χ2v) is 7.18. The van der Waals surface area contributed by atoms with Crippen LogP contribution in [0.15, 0.2) is 35.6 Å². The zero-order valence-corrected chi connectivity index (χ0v) is 15.7. The number of carbonyl (C=O) groups is 1. The number of alkyl halides is 3. The van der Waals surface area contributed by atoms with E-state index in [1.54, 1.807) is 6.92 Å². The van der Waals surface area contributed by atoms with Crippen LogP contribution in [0.4, 0.5) is 23.2 Å². The molecule has 3 N–H and O–H groups in total. The number of amides is 1. The van der Waals surface area contributed by atoms with Gasteiger partial charge >= 0.3 is 6.18 Å². The van der Waals surface area contributed by atoms with Crippen molar-refractivity contribution < 1.29 is 22.4 Å². The Bertz CT molecular complexity index is 958. The summed E-state index contributed by atoms with van der Waals surface area (Å²) in [6, 6.07) is 3.98. The first kappa shape index (κ1) is 20.7. The van der Waals surface area contributed by atoms with Gasteiger partial charge in [-0.2, -0.15) is 13.2 Å². The largest absolute Gasteiger partial charge is 0.434 e. The fourth-order valence-corrected chi connectivity index (χ4v) is 3.09. The number of hydrogen-bond donors (Lipinski definition) is 2. The molecule has 0 radical (unpaired) electrons. The first-order valence-corrected chi connectivity index (χ1v) is 8.85. The van der Waals surface area contributed by atoms with Crippen molar-refractivity contribution in [2.45, 2.75) is 38.4 Å². The monoisotopic (exact) mass is 409 g/mol. The molecule has 1 aromatic heterocycles. The van der Waals surface area contributed by atoms with E-state index in [9.17, 15) is 22.4 Å². The Morgan fingerprint density at radius 2 is 2.00 bits per heavy atom. The summed E-state index contributed by atoms with van der Waals surface area (Å²) in [4.78, 5) is 23.4. The average Bonchev–Trinajstić information content (AvgIpc) is 2.66. The van der Waals surface area contributed by atoms with Crippen LogP contribution in [0.5, 0.6) is 0 Å². The van der Waals surface area contributed by atoms with Gasteiger partial charge in [0.15, 0.2) is 5.69 Å². The van der Waals surface area contributed by atoms with Gasteiger partial charge in [0.2, 0.25) is 0 Å². The van der Waals surface area contributed by atoms with Gasteiger partial charge < -0.3 is 11.1 Å². The Morgan fingerprint density at radius 3 is 2.59 bits per heavy atom. The van der Waals surface area contributed by atoms with Crippen LogP contribution < -0.4 is 11.1 Å². The third kappa shape index (κ3) is 4.36. The van der Waals surface area contributed by atoms with Crippen LogP contribution in [0.3, 0.4) is 0 Å². The van der Waals surface area contributed by atoms with E-state index in [1.165, 1.54) is 18.2 Å². The Kier molecular flexibility index (Phi) is 5.29. The number of nitrogens with one attached hydrogen (secondary N) is 1. The van der Waals surface area contributed by atoms with Crippen LogP contribution in [0.25, 0.3) is 0 Å². The molecule has 0 aliphatic carbocycles. The minimum atomic E-state index is -4.65. The third-order valence-corrected chi connectivity index (χ3v) is 4.92. The molecule has 29 heavy (non-hydrogen) atoms. The summed E-state index contributed by atoms with van der Waals surface area (Å²) in [6.07, 6.45) is -2.12. The molecule has 2 atom stereocenters. The highest BCUT2D eigenvalue weighted by Gasteiger charge is 2.35. The summed E-state index contributed by atoms with van der Waals surface area (Å²) < 4.78 is 52.2. The van der Waals surface area contributed by atoms with Crippen LogP contribution in [0.1, 0.15) is 48.4 Å². The van der Waals surface area contributed by atoms with Crippen LogP contribution in [0, 0.1) is 11.7 Å². The summed E-state index contributed by atoms with van der Waals surface area (Å²) in [5.41, 5.74) is 4.08. The van der Waals surface area contributed by atoms with Gasteiger partial charge in [0.05, 0.1) is 23.8 Å². The molecule has 2 heterocycles. The van der Waals surface area contributed by atoms with Gasteiger partial charge in [-0.25, -0.2) is 14.4 Å². The summed E-state index contributed by atoms with van der Waals surface area (Å²) in [5.74, 6) is -0.722. The molecule has 0 unspecified atom stereocenters. The quantitative estimate of drug-likeness (QED) is 0.753. The lowest BCUT2D eigenvalue weighted by atomic mass is 9.82. The normalized spacial score (nSPS) is 22.1. The number of nitrogens with zero attached hydrogens (tertiary/aromatic N) is 3. The number of aliphatic imine (C=N–C) groups is 1. The molecule has 1 amide bonds. The highest BCUT2D eigenvalue weighted by atomic mass is 19.4. The first-order chi connectivity index (χ1) is 13.5. The van der Waals surface area contributed by atoms with Gasteiger partial charge in [0, 0.05) is 17.2 Å². The molecule has 1 aromatic carbocycles. The number of aromatic nitrogens is 2. The highest BCUT2D eigenvalue weighted by molar-refractivity contribution is 6.02. The molecule has 3 rings (SSSR count). The van der Waals surface area contributed by atoms with Gasteiger partial charge in [0.1, 0.15) is 11.5 Å². The lowest BCUT2D eigenvalue weighted by Gasteiger charge is -2.33. The Balaban J connectivity index is 1.84. The van der Waals surface area contributed by atoms with E-state index in [2.05, 4.69) is 20.3 Å². The van der Waals surface area contributed by atoms with E-state index in [0.29, 0.717) is 18.5 Å². The highest BCUT2D eigenvalue weighted by Crippen LogP contribution is 2.38. The summed E-state index contributed by atoms with van der Waals surface area (Å²) in [7, 11) is 0. The van der Waals surface area contributed by atoms with Crippen molar-refractivity contribution in [1.29, 1.82) is 0 Å². The number of benzene rings is 1. The van der Waals surface area contributed by atoms with Crippen molar-refractivity contribution >= 4 is 17.4 Å². The number of halogens is 4. The molecule has 2 aromatic rings. The van der Waals surface area contributed by atoms with Crippen molar-refractivity contribution in [3.05, 3.63) is 53.4 Å². The van der Waals surface area contributed by atoms with E-state index in [4.69, 9.17) is 5.73 Å². The molecule has 0 saturated carbocycles. The maximum absolute atomic E-state index is 14.5. The third-order valence-electron chi connectivity index (χ3n) is 4.92. The SMILES string of the molecule is C[C@H]1CC[C@@](C)(c2cc(NC(=O)c3cnc(C(F)(F)F)cn3)ccc2F)N=C1N. The molecule has 1 aliphatic heterocycles.